The van der Waals surface area contributed by atoms with Crippen molar-refractivity contribution in [1.82, 2.24) is 0 Å². The number of rotatable bonds is 3. The molecule has 0 amide bonds. The second-order valence-electron chi connectivity index (χ2n) is 1.18. The Morgan fingerprint density at radius 2 is 2.14 bits per heavy atom. The van der Waals surface area contributed by atoms with Crippen LogP contribution in [0.5, 0.6) is 0 Å². The summed E-state index contributed by atoms with van der Waals surface area (Å²) in [6.45, 7) is 3.00. The normalized spacial score (nSPS) is 7.57. The molecule has 0 aromatic carbocycles. The maximum absolute atomic E-state index is 4.66. The molecule has 0 rings (SSSR count). The second-order valence-corrected chi connectivity index (χ2v) is 1.54. The zero-order chi connectivity index (χ0) is 4.83. The Morgan fingerprint density at radius 1 is 1.57 bits per heavy atom. The average Bonchev–Trinajstić information content (AvgIpc) is 1.61. The van der Waals surface area contributed by atoms with Gasteiger partial charge in [-0.15, -0.1) is 12.4 Å². The molecule has 0 atom stereocenters. The predicted octanol–water partition coefficient (Wildman–Crippen LogP) is 1.69. The first-order valence-corrected chi connectivity index (χ1v) is 2.68. The van der Waals surface area contributed by atoms with Gasteiger partial charge in [0, 0.05) is 0 Å². The van der Waals surface area contributed by atoms with E-state index in [9.17, 15) is 0 Å². The van der Waals surface area contributed by atoms with E-state index in [-0.39, 0.29) is 12.4 Å². The molecular weight excluding hydrogens is 151 g/mol. The molecule has 0 aliphatic carbocycles. The summed E-state index contributed by atoms with van der Waals surface area (Å²) in [6.07, 6.45) is 2.37. The Bertz CT molecular complexity index is 23.7. The molecule has 7 heavy (non-hydrogen) atoms. The van der Waals surface area contributed by atoms with Gasteiger partial charge in [-0.1, -0.05) is 0 Å². The summed E-state index contributed by atoms with van der Waals surface area (Å²) in [6, 6.07) is 0. The first-order valence-electron chi connectivity index (χ1n) is 2.16. The predicted molar refractivity (Wildman–Crippen MR) is 28.1 cm³/mol. The maximum Gasteiger partial charge on any atom is -0.147 e. The molecule has 0 aliphatic heterocycles. The fourth-order valence-electron chi connectivity index (χ4n) is 0.203. The van der Waals surface area contributed by atoms with Crippen LogP contribution in [0.4, 0.5) is 0 Å². The van der Waals surface area contributed by atoms with E-state index in [1.165, 1.54) is 6.42 Å². The first-order chi connectivity index (χ1) is 2.91. The van der Waals surface area contributed by atoms with Crippen LogP contribution in [0.25, 0.3) is 0 Å². The van der Waals surface area contributed by atoms with Gasteiger partial charge in [0.25, 0.3) is 0 Å². The molecule has 0 N–H and O–H groups in total. The Balaban J connectivity index is 0. The molecule has 0 fully saturated rings. The van der Waals surface area contributed by atoms with Gasteiger partial charge < -0.3 is 0 Å². The van der Waals surface area contributed by atoms with Crippen molar-refractivity contribution in [2.45, 2.75) is 19.8 Å². The summed E-state index contributed by atoms with van der Waals surface area (Å²) in [5.74, 6) is 0. The quantitative estimate of drug-likeness (QED) is 0.573. The van der Waals surface area contributed by atoms with Crippen LogP contribution < -0.4 is 0 Å². The molecule has 0 aromatic heterocycles. The van der Waals surface area contributed by atoms with E-state index in [1.54, 1.807) is 0 Å². The summed E-state index contributed by atoms with van der Waals surface area (Å²) in [5.41, 5.74) is 0. The molecule has 0 radical (unpaired) electrons. The third kappa shape index (κ3) is 10.8. The van der Waals surface area contributed by atoms with Gasteiger partial charge in [-0.2, -0.15) is 0 Å². The fourth-order valence-corrected chi connectivity index (χ4v) is 0.387. The van der Waals surface area contributed by atoms with E-state index in [4.69, 9.17) is 0 Å². The molecule has 1 nitrogen and oxygen atoms in total. The third-order valence-corrected chi connectivity index (χ3v) is 0.841. The SMILES string of the molecule is CCCC[O][Cr].Cl. The Labute approximate surface area is 59.6 Å². The number of hydrogen-bond donors (Lipinski definition) is 0. The number of unbranched alkanes of at least 4 members (excludes halogenated alkanes) is 1. The number of hydrogen-bond acceptors (Lipinski definition) is 1. The topological polar surface area (TPSA) is 9.23 Å². The minimum atomic E-state index is 0. The van der Waals surface area contributed by atoms with E-state index in [1.807, 2.05) is 0 Å². The van der Waals surface area contributed by atoms with Crippen molar-refractivity contribution in [3.63, 3.8) is 0 Å². The second kappa shape index (κ2) is 9.92. The summed E-state index contributed by atoms with van der Waals surface area (Å²) in [4.78, 5) is 0. The molecule has 3 heteroatoms. The molecule has 0 heterocycles. The van der Waals surface area contributed by atoms with Crippen LogP contribution in [0, 0.1) is 0 Å². The largest absolute Gasteiger partial charge is 0.147 e. The van der Waals surface area contributed by atoms with Crippen LogP contribution in [0.1, 0.15) is 19.8 Å². The van der Waals surface area contributed by atoms with Crippen LogP contribution in [0.2, 0.25) is 0 Å². The molecule has 0 unspecified atom stereocenters. The van der Waals surface area contributed by atoms with Crippen molar-refractivity contribution in [3.8, 4) is 0 Å². The van der Waals surface area contributed by atoms with E-state index >= 15 is 0 Å². The molecular formula is C4H10ClCrO. The van der Waals surface area contributed by atoms with E-state index in [2.05, 4.69) is 27.3 Å². The molecule has 0 aromatic rings. The van der Waals surface area contributed by atoms with Crippen LogP contribution in [0.15, 0.2) is 0 Å². The van der Waals surface area contributed by atoms with E-state index < -0.39 is 0 Å². The third-order valence-electron chi connectivity index (χ3n) is 0.581. The van der Waals surface area contributed by atoms with Gasteiger partial charge in [0.2, 0.25) is 0 Å². The van der Waals surface area contributed by atoms with Gasteiger partial charge in [0.1, 0.15) is 0 Å². The van der Waals surface area contributed by atoms with Gasteiger partial charge in [0.05, 0.1) is 0 Å². The smallest absolute Gasteiger partial charge is 0.147 e. The van der Waals surface area contributed by atoms with Gasteiger partial charge in [0.15, 0.2) is 0 Å². The fraction of sp³-hybridized carbons (Fsp3) is 1.00. The maximum atomic E-state index is 4.66. The van der Waals surface area contributed by atoms with Gasteiger partial charge in [-0.25, -0.2) is 0 Å². The standard InChI is InChI=1S/C4H9O.ClH.Cr/c1-2-3-4-5;;/h2-4H2,1H3;1H;/q-1;;+1. The summed E-state index contributed by atoms with van der Waals surface area (Å²) in [5, 5.41) is 0. The van der Waals surface area contributed by atoms with Crippen molar-refractivity contribution in [2.24, 2.45) is 0 Å². The van der Waals surface area contributed by atoms with Crippen molar-refractivity contribution in [2.75, 3.05) is 6.61 Å². The Kier molecular flexibility index (Phi) is 15.2. The van der Waals surface area contributed by atoms with Gasteiger partial charge in [-0.05, 0) is 0 Å². The van der Waals surface area contributed by atoms with Crippen LogP contribution in [-0.4, -0.2) is 6.61 Å². The minimum Gasteiger partial charge on any atom is -0.147 e. The van der Waals surface area contributed by atoms with E-state index in [0.29, 0.717) is 0 Å². The molecule has 45 valence electrons. The van der Waals surface area contributed by atoms with Crippen LogP contribution in [-0.2, 0) is 20.4 Å². The molecule has 0 spiro atoms. The van der Waals surface area contributed by atoms with Crippen LogP contribution >= 0.6 is 12.4 Å². The molecule has 0 saturated heterocycles. The van der Waals surface area contributed by atoms with E-state index in [0.717, 1.165) is 13.0 Å². The molecule has 0 saturated carbocycles. The zero-order valence-electron chi connectivity index (χ0n) is 4.35. The minimum absolute atomic E-state index is 0. The Hall–Kier alpha value is 0.782. The summed E-state index contributed by atoms with van der Waals surface area (Å²) < 4.78 is 4.66. The monoisotopic (exact) mass is 161 g/mol. The Morgan fingerprint density at radius 3 is 2.29 bits per heavy atom. The van der Waals surface area contributed by atoms with Crippen molar-refractivity contribution in [1.29, 1.82) is 0 Å². The van der Waals surface area contributed by atoms with Gasteiger partial charge >= 0.3 is 46.8 Å². The van der Waals surface area contributed by atoms with Crippen molar-refractivity contribution < 1.29 is 20.4 Å². The molecule has 0 aliphatic rings. The van der Waals surface area contributed by atoms with Gasteiger partial charge in [-0.3, -0.25) is 0 Å². The van der Waals surface area contributed by atoms with Crippen molar-refractivity contribution >= 4 is 12.4 Å². The van der Waals surface area contributed by atoms with Crippen LogP contribution in [0.3, 0.4) is 0 Å². The summed E-state index contributed by atoms with van der Waals surface area (Å²) in [7, 11) is 0. The zero-order valence-corrected chi connectivity index (χ0v) is 6.44. The summed E-state index contributed by atoms with van der Waals surface area (Å²) >= 11 is 2.48. The first kappa shape index (κ1) is 10.7. The average molecular weight is 162 g/mol. The van der Waals surface area contributed by atoms with Crippen molar-refractivity contribution in [3.05, 3.63) is 0 Å². The molecule has 0 bridgehead atoms. The number of halogens is 1.